The molecule has 2 rings (SSSR count). The Morgan fingerprint density at radius 2 is 1.72 bits per heavy atom. The molecule has 0 saturated carbocycles. The van der Waals surface area contributed by atoms with Crippen LogP contribution in [0.15, 0.2) is 53.5 Å². The molecule has 1 amide bonds. The molecule has 0 aliphatic carbocycles. The highest BCUT2D eigenvalue weighted by atomic mass is 127. The first kappa shape index (κ1) is 24.7. The highest BCUT2D eigenvalue weighted by Gasteiger charge is 2.06. The quantitative estimate of drug-likeness (QED) is 0.209. The number of nitrogens with one attached hydrogen (secondary N) is 3. The van der Waals surface area contributed by atoms with E-state index in [1.165, 1.54) is 0 Å². The van der Waals surface area contributed by atoms with E-state index in [-0.39, 0.29) is 29.9 Å². The van der Waals surface area contributed by atoms with Crippen LogP contribution in [0.4, 0.5) is 0 Å². The van der Waals surface area contributed by atoms with E-state index in [1.54, 1.807) is 12.1 Å². The fourth-order valence-corrected chi connectivity index (χ4v) is 2.64. The van der Waals surface area contributed by atoms with Crippen molar-refractivity contribution in [2.45, 2.75) is 27.3 Å². The van der Waals surface area contributed by atoms with Crippen molar-refractivity contribution in [2.75, 3.05) is 26.2 Å². The van der Waals surface area contributed by atoms with Crippen LogP contribution in [0.3, 0.4) is 0 Å². The van der Waals surface area contributed by atoms with E-state index < -0.39 is 0 Å². The molecule has 0 spiro atoms. The van der Waals surface area contributed by atoms with Crippen molar-refractivity contribution in [3.63, 3.8) is 0 Å². The summed E-state index contributed by atoms with van der Waals surface area (Å²) in [6.07, 6.45) is 0. The summed E-state index contributed by atoms with van der Waals surface area (Å²) in [7, 11) is 0. The zero-order valence-electron chi connectivity index (χ0n) is 17.3. The second-order valence-electron chi connectivity index (χ2n) is 6.29. The SMILES string of the molecule is CCNC(=NCc1ccc(C)cc1OCC)NCCNC(=O)c1ccccc1.I. The molecule has 29 heavy (non-hydrogen) atoms. The van der Waals surface area contributed by atoms with E-state index in [4.69, 9.17) is 4.74 Å². The van der Waals surface area contributed by atoms with Crippen molar-refractivity contribution in [3.05, 3.63) is 65.2 Å². The summed E-state index contributed by atoms with van der Waals surface area (Å²) in [6.45, 7) is 9.03. The number of halogens is 1. The monoisotopic (exact) mass is 510 g/mol. The molecule has 0 fully saturated rings. The molecule has 0 bridgehead atoms. The van der Waals surface area contributed by atoms with Crippen molar-refractivity contribution in [2.24, 2.45) is 4.99 Å². The second-order valence-corrected chi connectivity index (χ2v) is 6.29. The summed E-state index contributed by atoms with van der Waals surface area (Å²) in [5.74, 6) is 1.50. The van der Waals surface area contributed by atoms with E-state index in [1.807, 2.05) is 51.1 Å². The third kappa shape index (κ3) is 8.72. The number of rotatable bonds is 9. The molecule has 0 unspecified atom stereocenters. The lowest BCUT2D eigenvalue weighted by atomic mass is 10.1. The van der Waals surface area contributed by atoms with Crippen LogP contribution in [0.1, 0.15) is 35.3 Å². The summed E-state index contributed by atoms with van der Waals surface area (Å²) in [4.78, 5) is 16.7. The van der Waals surface area contributed by atoms with E-state index in [0.717, 1.165) is 23.4 Å². The van der Waals surface area contributed by atoms with Crippen molar-refractivity contribution < 1.29 is 9.53 Å². The van der Waals surface area contributed by atoms with Gasteiger partial charge in [0, 0.05) is 30.8 Å². The Bertz CT molecular complexity index is 782. The number of carbonyl (C=O) groups excluding carboxylic acids is 1. The lowest BCUT2D eigenvalue weighted by molar-refractivity contribution is 0.0954. The molecule has 0 heterocycles. The number of guanidine groups is 1. The van der Waals surface area contributed by atoms with Gasteiger partial charge in [-0.2, -0.15) is 0 Å². The average molecular weight is 510 g/mol. The molecule has 0 radical (unpaired) electrons. The van der Waals surface area contributed by atoms with Gasteiger partial charge < -0.3 is 20.7 Å². The summed E-state index contributed by atoms with van der Waals surface area (Å²) >= 11 is 0. The number of carbonyl (C=O) groups is 1. The molecular weight excluding hydrogens is 479 g/mol. The van der Waals surface area contributed by atoms with Crippen molar-refractivity contribution in [3.8, 4) is 5.75 Å². The number of amides is 1. The van der Waals surface area contributed by atoms with Gasteiger partial charge >= 0.3 is 0 Å². The normalized spacial score (nSPS) is 10.7. The summed E-state index contributed by atoms with van der Waals surface area (Å²) in [6, 6.07) is 15.3. The minimum Gasteiger partial charge on any atom is -0.494 e. The molecule has 0 aromatic heterocycles. The molecule has 158 valence electrons. The predicted molar refractivity (Wildman–Crippen MR) is 129 cm³/mol. The van der Waals surface area contributed by atoms with Crippen molar-refractivity contribution >= 4 is 35.8 Å². The Morgan fingerprint density at radius 1 is 1.00 bits per heavy atom. The first-order valence-corrected chi connectivity index (χ1v) is 9.71. The smallest absolute Gasteiger partial charge is 0.251 e. The first-order valence-electron chi connectivity index (χ1n) is 9.71. The highest BCUT2D eigenvalue weighted by molar-refractivity contribution is 14.0. The molecule has 0 aliphatic rings. The number of hydrogen-bond donors (Lipinski definition) is 3. The third-order valence-corrected chi connectivity index (χ3v) is 4.01. The van der Waals surface area contributed by atoms with Crippen LogP contribution in [-0.4, -0.2) is 38.1 Å². The van der Waals surface area contributed by atoms with Gasteiger partial charge in [0.05, 0.1) is 13.2 Å². The van der Waals surface area contributed by atoms with Crippen LogP contribution in [0.5, 0.6) is 5.75 Å². The standard InChI is InChI=1S/C22H30N4O2.HI/c1-4-23-22(25-14-13-24-21(27)18-9-7-6-8-10-18)26-16-19-12-11-17(3)15-20(19)28-5-2;/h6-12,15H,4-5,13-14,16H2,1-3H3,(H,24,27)(H2,23,25,26);1H. The van der Waals surface area contributed by atoms with Crippen LogP contribution >= 0.6 is 24.0 Å². The number of hydrogen-bond acceptors (Lipinski definition) is 3. The molecule has 6 nitrogen and oxygen atoms in total. The minimum absolute atomic E-state index is 0. The number of aliphatic imine (C=N–C) groups is 1. The van der Waals surface area contributed by atoms with Gasteiger partial charge in [-0.3, -0.25) is 4.79 Å². The maximum Gasteiger partial charge on any atom is 0.251 e. The van der Waals surface area contributed by atoms with Crippen LogP contribution in [0.25, 0.3) is 0 Å². The predicted octanol–water partition coefficient (Wildman–Crippen LogP) is 3.50. The molecular formula is C22H31IN4O2. The fourth-order valence-electron chi connectivity index (χ4n) is 2.64. The summed E-state index contributed by atoms with van der Waals surface area (Å²) in [5.41, 5.74) is 2.86. The molecule has 2 aromatic rings. The molecule has 0 saturated heterocycles. The van der Waals surface area contributed by atoms with Gasteiger partial charge in [0.1, 0.15) is 5.75 Å². The fraction of sp³-hybridized carbons (Fsp3) is 0.364. The van der Waals surface area contributed by atoms with Gasteiger partial charge in [-0.1, -0.05) is 30.3 Å². The third-order valence-electron chi connectivity index (χ3n) is 4.01. The van der Waals surface area contributed by atoms with Gasteiger partial charge in [0.25, 0.3) is 5.91 Å². The Kier molecular flexibility index (Phi) is 11.8. The van der Waals surface area contributed by atoms with E-state index in [9.17, 15) is 4.79 Å². The number of ether oxygens (including phenoxy) is 1. The van der Waals surface area contributed by atoms with Gasteiger partial charge in [0.15, 0.2) is 5.96 Å². The Labute approximate surface area is 190 Å². The molecule has 2 aromatic carbocycles. The zero-order chi connectivity index (χ0) is 20.2. The van der Waals surface area contributed by atoms with Gasteiger partial charge in [0.2, 0.25) is 0 Å². The van der Waals surface area contributed by atoms with E-state index in [2.05, 4.69) is 27.0 Å². The zero-order valence-corrected chi connectivity index (χ0v) is 19.7. The maximum absolute atomic E-state index is 12.1. The molecule has 7 heteroatoms. The van der Waals surface area contributed by atoms with Crippen molar-refractivity contribution in [1.29, 1.82) is 0 Å². The van der Waals surface area contributed by atoms with E-state index >= 15 is 0 Å². The lowest BCUT2D eigenvalue weighted by Crippen LogP contribution is -2.41. The Hall–Kier alpha value is -2.29. The van der Waals surface area contributed by atoms with Gasteiger partial charge in [-0.25, -0.2) is 4.99 Å². The van der Waals surface area contributed by atoms with Crippen LogP contribution < -0.4 is 20.7 Å². The molecule has 0 aliphatic heterocycles. The number of aryl methyl sites for hydroxylation is 1. The largest absolute Gasteiger partial charge is 0.494 e. The average Bonchev–Trinajstić information content (AvgIpc) is 2.71. The van der Waals surface area contributed by atoms with E-state index in [0.29, 0.717) is 37.8 Å². The second kappa shape index (κ2) is 13.8. The van der Waals surface area contributed by atoms with Crippen molar-refractivity contribution in [1.82, 2.24) is 16.0 Å². The summed E-state index contributed by atoms with van der Waals surface area (Å²) in [5, 5.41) is 9.36. The van der Waals surface area contributed by atoms with Crippen LogP contribution in [0.2, 0.25) is 0 Å². The van der Waals surface area contributed by atoms with Gasteiger partial charge in [-0.05, 0) is 44.5 Å². The Balaban J connectivity index is 0.00000420. The molecule has 0 atom stereocenters. The minimum atomic E-state index is -0.0784. The Morgan fingerprint density at radius 3 is 2.41 bits per heavy atom. The first-order chi connectivity index (χ1) is 13.6. The van der Waals surface area contributed by atoms with Gasteiger partial charge in [-0.15, -0.1) is 24.0 Å². The summed E-state index contributed by atoms with van der Waals surface area (Å²) < 4.78 is 5.72. The number of nitrogens with zero attached hydrogens (tertiary/aromatic N) is 1. The highest BCUT2D eigenvalue weighted by Crippen LogP contribution is 2.21. The van der Waals surface area contributed by atoms with Crippen LogP contribution in [-0.2, 0) is 6.54 Å². The molecule has 3 N–H and O–H groups in total. The topological polar surface area (TPSA) is 74.8 Å². The lowest BCUT2D eigenvalue weighted by Gasteiger charge is -2.13. The maximum atomic E-state index is 12.1. The van der Waals surface area contributed by atoms with Crippen LogP contribution in [0, 0.1) is 6.92 Å². The number of benzene rings is 2.